The number of methoxy groups -OCH3 is 1. The number of halogens is 2. The molecule has 1 aromatic carbocycles. The van der Waals surface area contributed by atoms with E-state index < -0.39 is 6.43 Å². The van der Waals surface area contributed by atoms with Crippen molar-refractivity contribution in [1.29, 1.82) is 0 Å². The van der Waals surface area contributed by atoms with Crippen LogP contribution in [0.5, 0.6) is 0 Å². The Morgan fingerprint density at radius 1 is 0.976 bits per heavy atom. The molecule has 41 heavy (non-hydrogen) atoms. The number of fused-ring (bicyclic) bond motifs is 1. The van der Waals surface area contributed by atoms with Gasteiger partial charge in [-0.05, 0) is 43.7 Å². The summed E-state index contributed by atoms with van der Waals surface area (Å²) in [6, 6.07) is 9.80. The van der Waals surface area contributed by atoms with Gasteiger partial charge in [0.1, 0.15) is 11.6 Å². The summed E-state index contributed by atoms with van der Waals surface area (Å²) in [4.78, 5) is 18.5. The zero-order chi connectivity index (χ0) is 28.2. The first kappa shape index (κ1) is 28.2. The standard InChI is InChI=1S/C29H39F2N7O3/c1-39-18-22-19-41-15-12-37(22)21-8-6-20(7-9-21)17-32-29-34-25(36-10-13-40-14-11-36)16-26(35-29)38-24-5-3-2-4-23(24)33-28(38)27(30)31/h2-5,16,20-22,27H,6-15,17-19H2,1H3,(H,32,34,35)/t20-,21+,22-/m1/s1. The number of nitrogens with one attached hydrogen (secondary N) is 1. The SMILES string of the molecule is COC[C@@H]1COCCN1[C@H]1CC[C@@H](CNc2nc(N3CCOCC3)cc(-n3c(C(F)F)nc4ccccc43)n2)CC1. The van der Waals surface area contributed by atoms with Gasteiger partial charge in [0.05, 0.1) is 50.1 Å². The van der Waals surface area contributed by atoms with Gasteiger partial charge in [-0.25, -0.2) is 13.8 Å². The maximum absolute atomic E-state index is 14.1. The lowest BCUT2D eigenvalue weighted by molar-refractivity contribution is -0.0614. The van der Waals surface area contributed by atoms with Crippen molar-refractivity contribution in [2.75, 3.05) is 76.5 Å². The highest BCUT2D eigenvalue weighted by Gasteiger charge is 2.32. The zero-order valence-corrected chi connectivity index (χ0v) is 23.6. The van der Waals surface area contributed by atoms with Crippen LogP contribution in [0.2, 0.25) is 0 Å². The third-order valence-corrected chi connectivity index (χ3v) is 8.51. The molecule has 1 N–H and O–H groups in total. The molecule has 0 unspecified atom stereocenters. The number of morpholine rings is 2. The van der Waals surface area contributed by atoms with Crippen LogP contribution < -0.4 is 10.2 Å². The van der Waals surface area contributed by atoms with Crippen molar-refractivity contribution < 1.29 is 23.0 Å². The minimum absolute atomic E-state index is 0.320. The van der Waals surface area contributed by atoms with Gasteiger partial charge in [0.2, 0.25) is 5.95 Å². The molecule has 0 bridgehead atoms. The van der Waals surface area contributed by atoms with Crippen LogP contribution in [-0.4, -0.2) is 103 Å². The van der Waals surface area contributed by atoms with E-state index in [4.69, 9.17) is 24.2 Å². The van der Waals surface area contributed by atoms with Gasteiger partial charge in [-0.3, -0.25) is 9.47 Å². The van der Waals surface area contributed by atoms with Crippen LogP contribution in [0.3, 0.4) is 0 Å². The number of ether oxygens (including phenoxy) is 3. The van der Waals surface area contributed by atoms with E-state index >= 15 is 0 Å². The van der Waals surface area contributed by atoms with Crippen molar-refractivity contribution in [3.05, 3.63) is 36.2 Å². The van der Waals surface area contributed by atoms with Crippen LogP contribution in [-0.2, 0) is 14.2 Å². The first-order valence-corrected chi connectivity index (χ1v) is 14.6. The van der Waals surface area contributed by atoms with E-state index in [9.17, 15) is 8.78 Å². The molecule has 0 radical (unpaired) electrons. The van der Waals surface area contributed by atoms with Gasteiger partial charge in [0, 0.05) is 45.4 Å². The van der Waals surface area contributed by atoms with E-state index in [1.807, 2.05) is 6.07 Å². The quantitative estimate of drug-likeness (QED) is 0.411. The summed E-state index contributed by atoms with van der Waals surface area (Å²) in [5.74, 6) is 1.68. The molecule has 3 aliphatic rings. The molecule has 1 saturated carbocycles. The molecule has 222 valence electrons. The second-order valence-electron chi connectivity index (χ2n) is 11.1. The fraction of sp³-hybridized carbons (Fsp3) is 0.621. The number of alkyl halides is 2. The molecule has 0 spiro atoms. The van der Waals surface area contributed by atoms with Crippen molar-refractivity contribution in [2.24, 2.45) is 5.92 Å². The van der Waals surface area contributed by atoms with Gasteiger partial charge >= 0.3 is 0 Å². The van der Waals surface area contributed by atoms with Crippen LogP contribution in [0.15, 0.2) is 30.3 Å². The molecule has 6 rings (SSSR count). The predicted molar refractivity (Wildman–Crippen MR) is 152 cm³/mol. The van der Waals surface area contributed by atoms with E-state index in [0.29, 0.717) is 79.5 Å². The van der Waals surface area contributed by atoms with Crippen molar-refractivity contribution in [3.8, 4) is 5.82 Å². The molecule has 1 aliphatic carbocycles. The average molecular weight is 572 g/mol. The Bertz CT molecular complexity index is 1290. The average Bonchev–Trinajstić information content (AvgIpc) is 3.41. The minimum atomic E-state index is -2.74. The van der Waals surface area contributed by atoms with Crippen molar-refractivity contribution in [2.45, 2.75) is 44.2 Å². The van der Waals surface area contributed by atoms with Crippen LogP contribution >= 0.6 is 0 Å². The molecule has 3 aromatic rings. The Morgan fingerprint density at radius 3 is 2.51 bits per heavy atom. The second kappa shape index (κ2) is 12.9. The van der Waals surface area contributed by atoms with E-state index in [1.54, 1.807) is 31.4 Å². The number of aromatic nitrogens is 4. The van der Waals surface area contributed by atoms with Crippen molar-refractivity contribution >= 4 is 22.8 Å². The van der Waals surface area contributed by atoms with Crippen LogP contribution in [0.25, 0.3) is 16.9 Å². The third-order valence-electron chi connectivity index (χ3n) is 8.51. The second-order valence-corrected chi connectivity index (χ2v) is 11.1. The van der Waals surface area contributed by atoms with Crippen LogP contribution in [0.1, 0.15) is 37.9 Å². The number of hydrogen-bond donors (Lipinski definition) is 1. The Hall–Kier alpha value is -2.93. The van der Waals surface area contributed by atoms with Crippen molar-refractivity contribution in [1.82, 2.24) is 24.4 Å². The van der Waals surface area contributed by atoms with Gasteiger partial charge in [-0.1, -0.05) is 12.1 Å². The first-order valence-electron chi connectivity index (χ1n) is 14.6. The molecule has 0 amide bonds. The zero-order valence-electron chi connectivity index (χ0n) is 23.6. The topological polar surface area (TPSA) is 89.8 Å². The summed E-state index contributed by atoms with van der Waals surface area (Å²) in [6.45, 7) is 6.43. The molecule has 3 fully saturated rings. The minimum Gasteiger partial charge on any atom is -0.383 e. The number of benzene rings is 1. The van der Waals surface area contributed by atoms with Crippen LogP contribution in [0.4, 0.5) is 20.5 Å². The Balaban J connectivity index is 1.20. The number of imidazole rings is 1. The van der Waals surface area contributed by atoms with Gasteiger partial charge in [-0.2, -0.15) is 9.97 Å². The molecule has 2 aliphatic heterocycles. The monoisotopic (exact) mass is 571 g/mol. The molecule has 12 heteroatoms. The smallest absolute Gasteiger partial charge is 0.296 e. The lowest BCUT2D eigenvalue weighted by atomic mass is 9.84. The summed E-state index contributed by atoms with van der Waals surface area (Å²) in [6.07, 6.45) is 1.72. The summed E-state index contributed by atoms with van der Waals surface area (Å²) >= 11 is 0. The number of anilines is 2. The van der Waals surface area contributed by atoms with Gasteiger partial charge in [0.25, 0.3) is 6.43 Å². The van der Waals surface area contributed by atoms with Crippen LogP contribution in [0, 0.1) is 5.92 Å². The van der Waals surface area contributed by atoms with Crippen molar-refractivity contribution in [3.63, 3.8) is 0 Å². The molecule has 2 aromatic heterocycles. The molecule has 10 nitrogen and oxygen atoms in total. The third kappa shape index (κ3) is 6.30. The van der Waals surface area contributed by atoms with E-state index in [1.165, 1.54) is 4.57 Å². The molecule has 4 heterocycles. The highest BCUT2D eigenvalue weighted by Crippen LogP contribution is 2.31. The van der Waals surface area contributed by atoms with Gasteiger partial charge in [-0.15, -0.1) is 0 Å². The normalized spacial score (nSPS) is 24.3. The molecular formula is C29H39F2N7O3. The van der Waals surface area contributed by atoms with Gasteiger partial charge in [0.15, 0.2) is 5.82 Å². The Labute approximate surface area is 239 Å². The molecule has 1 atom stereocenters. The predicted octanol–water partition coefficient (Wildman–Crippen LogP) is 3.91. The largest absolute Gasteiger partial charge is 0.383 e. The summed E-state index contributed by atoms with van der Waals surface area (Å²) in [5, 5.41) is 3.46. The molecule has 2 saturated heterocycles. The maximum Gasteiger partial charge on any atom is 0.296 e. The lowest BCUT2D eigenvalue weighted by Crippen LogP contribution is -2.53. The fourth-order valence-corrected chi connectivity index (χ4v) is 6.40. The number of rotatable bonds is 9. The summed E-state index contributed by atoms with van der Waals surface area (Å²) < 4.78 is 46.4. The molecular weight excluding hydrogens is 532 g/mol. The Morgan fingerprint density at radius 2 is 1.73 bits per heavy atom. The maximum atomic E-state index is 14.1. The highest BCUT2D eigenvalue weighted by molar-refractivity contribution is 5.78. The van der Waals surface area contributed by atoms with Gasteiger partial charge < -0.3 is 24.4 Å². The number of nitrogens with zero attached hydrogens (tertiary/aromatic N) is 6. The number of para-hydroxylation sites is 2. The lowest BCUT2D eigenvalue weighted by Gasteiger charge is -2.43. The van der Waals surface area contributed by atoms with E-state index in [-0.39, 0.29) is 5.82 Å². The number of hydrogen-bond acceptors (Lipinski definition) is 9. The first-order chi connectivity index (χ1) is 20.1. The highest BCUT2D eigenvalue weighted by atomic mass is 19.3. The summed E-state index contributed by atoms with van der Waals surface area (Å²) in [5.41, 5.74) is 1.10. The Kier molecular flexibility index (Phi) is 8.90. The van der Waals surface area contributed by atoms with E-state index in [2.05, 4.69) is 20.1 Å². The van der Waals surface area contributed by atoms with E-state index in [0.717, 1.165) is 52.0 Å². The fourth-order valence-electron chi connectivity index (χ4n) is 6.40. The summed E-state index contributed by atoms with van der Waals surface area (Å²) in [7, 11) is 1.75.